The van der Waals surface area contributed by atoms with E-state index in [9.17, 15) is 9.59 Å². The molecule has 0 unspecified atom stereocenters. The monoisotopic (exact) mass is 574 g/mol. The molecule has 0 atom stereocenters. The lowest BCUT2D eigenvalue weighted by molar-refractivity contribution is -0.113. The Labute approximate surface area is 243 Å². The summed E-state index contributed by atoms with van der Waals surface area (Å²) >= 11 is 6.84. The van der Waals surface area contributed by atoms with Crippen molar-refractivity contribution in [2.75, 3.05) is 51.3 Å². The normalized spacial score (nSPS) is 17.4. The molecule has 0 bridgehead atoms. The van der Waals surface area contributed by atoms with Gasteiger partial charge in [-0.25, -0.2) is 0 Å². The molecular weight excluding hydrogens is 544 g/mol. The number of nitrogens with zero attached hydrogens (tertiary/aromatic N) is 3. The smallest absolute Gasteiger partial charge is 0.270 e. The molecule has 2 N–H and O–H groups in total. The third-order valence-corrected chi connectivity index (χ3v) is 8.00. The zero-order valence-corrected chi connectivity index (χ0v) is 23.7. The molecule has 206 valence electrons. The van der Waals surface area contributed by atoms with Gasteiger partial charge < -0.3 is 20.1 Å². The standard InChI is InChI=1S/C30H30N4O4S2/c1-32-13-15-33(16-14-32)17-18-37-26-4-2-3-23(20-26)34-29(36)27(40-30(34)39)19-21-5-9-24(10-6-21)38-25-11-7-22(8-12-25)28(31)35/h2-12,19-20H,13-18H2,1H3,(H2,31,35). The van der Waals surface area contributed by atoms with Crippen LogP contribution in [0.25, 0.3) is 6.08 Å². The highest BCUT2D eigenvalue weighted by molar-refractivity contribution is 8.27. The molecule has 8 nitrogen and oxygen atoms in total. The number of likely N-dealkylation sites (N-methyl/N-ethyl adjacent to an activating group) is 1. The van der Waals surface area contributed by atoms with Crippen LogP contribution in [-0.2, 0) is 4.79 Å². The maximum absolute atomic E-state index is 13.3. The first kappa shape index (κ1) is 27.9. The third kappa shape index (κ3) is 6.89. The minimum atomic E-state index is -0.487. The maximum Gasteiger partial charge on any atom is 0.270 e. The second-order valence-corrected chi connectivity index (χ2v) is 11.2. The molecule has 3 aromatic carbocycles. The van der Waals surface area contributed by atoms with Crippen LogP contribution < -0.4 is 20.1 Å². The molecule has 0 spiro atoms. The van der Waals surface area contributed by atoms with Gasteiger partial charge in [-0.2, -0.15) is 0 Å². The molecule has 0 aliphatic carbocycles. The lowest BCUT2D eigenvalue weighted by Gasteiger charge is -2.32. The van der Waals surface area contributed by atoms with Gasteiger partial charge in [0.05, 0.1) is 10.6 Å². The van der Waals surface area contributed by atoms with Crippen LogP contribution in [0, 0.1) is 0 Å². The summed E-state index contributed by atoms with van der Waals surface area (Å²) in [6.45, 7) is 5.69. The largest absolute Gasteiger partial charge is 0.492 e. The Morgan fingerprint density at radius 3 is 2.33 bits per heavy atom. The molecule has 2 aliphatic rings. The van der Waals surface area contributed by atoms with Crippen molar-refractivity contribution >= 4 is 51.9 Å². The van der Waals surface area contributed by atoms with Crippen molar-refractivity contribution < 1.29 is 19.1 Å². The van der Waals surface area contributed by atoms with Gasteiger partial charge in [0.25, 0.3) is 5.91 Å². The van der Waals surface area contributed by atoms with Gasteiger partial charge in [0.15, 0.2) is 4.32 Å². The van der Waals surface area contributed by atoms with E-state index < -0.39 is 5.91 Å². The number of rotatable bonds is 9. The molecule has 2 heterocycles. The summed E-state index contributed by atoms with van der Waals surface area (Å²) in [6.07, 6.45) is 1.82. The second-order valence-electron chi connectivity index (χ2n) is 9.57. The highest BCUT2D eigenvalue weighted by atomic mass is 32.2. The molecule has 2 fully saturated rings. The van der Waals surface area contributed by atoms with Crippen molar-refractivity contribution in [1.82, 2.24) is 9.80 Å². The number of benzene rings is 3. The Morgan fingerprint density at radius 2 is 1.65 bits per heavy atom. The minimum Gasteiger partial charge on any atom is -0.492 e. The molecule has 0 radical (unpaired) electrons. The van der Waals surface area contributed by atoms with Crippen LogP contribution in [0.2, 0.25) is 0 Å². The predicted octanol–water partition coefficient (Wildman–Crippen LogP) is 4.61. The fraction of sp³-hybridized carbons (Fsp3) is 0.233. The highest BCUT2D eigenvalue weighted by Gasteiger charge is 2.33. The van der Waals surface area contributed by atoms with Crippen molar-refractivity contribution in [3.8, 4) is 17.2 Å². The molecule has 0 saturated carbocycles. The number of carbonyl (C=O) groups is 2. The Balaban J connectivity index is 1.20. The number of carbonyl (C=O) groups excluding carboxylic acids is 2. The third-order valence-electron chi connectivity index (χ3n) is 6.69. The van der Waals surface area contributed by atoms with Crippen molar-refractivity contribution in [1.29, 1.82) is 0 Å². The van der Waals surface area contributed by atoms with Gasteiger partial charge in [-0.15, -0.1) is 0 Å². The molecule has 5 rings (SSSR count). The number of nitrogens with two attached hydrogens (primary N) is 1. The first-order valence-electron chi connectivity index (χ1n) is 13.0. The number of anilines is 1. The Bertz CT molecular complexity index is 1420. The number of hydrogen-bond donors (Lipinski definition) is 1. The van der Waals surface area contributed by atoms with Crippen LogP contribution in [-0.4, -0.2) is 72.3 Å². The average molecular weight is 575 g/mol. The number of thioether (sulfide) groups is 1. The average Bonchev–Trinajstić information content (AvgIpc) is 3.23. The zero-order chi connectivity index (χ0) is 28.1. The maximum atomic E-state index is 13.3. The first-order valence-corrected chi connectivity index (χ1v) is 14.2. The highest BCUT2D eigenvalue weighted by Crippen LogP contribution is 2.37. The summed E-state index contributed by atoms with van der Waals surface area (Å²) in [5.41, 5.74) is 7.23. The predicted molar refractivity (Wildman–Crippen MR) is 163 cm³/mol. The lowest BCUT2D eigenvalue weighted by atomic mass is 10.2. The Morgan fingerprint density at radius 1 is 0.975 bits per heavy atom. The van der Waals surface area contributed by atoms with Crippen LogP contribution >= 0.6 is 24.0 Å². The first-order chi connectivity index (χ1) is 19.4. The molecule has 10 heteroatoms. The number of hydrogen-bond acceptors (Lipinski definition) is 8. The van der Waals surface area contributed by atoms with E-state index in [0.29, 0.717) is 44.3 Å². The van der Waals surface area contributed by atoms with Crippen molar-refractivity contribution in [3.63, 3.8) is 0 Å². The topological polar surface area (TPSA) is 88.3 Å². The second kappa shape index (κ2) is 12.6. The van der Waals surface area contributed by atoms with E-state index in [1.807, 2.05) is 54.6 Å². The van der Waals surface area contributed by atoms with Gasteiger partial charge in [0, 0.05) is 44.4 Å². The van der Waals surface area contributed by atoms with Crippen molar-refractivity contribution in [2.45, 2.75) is 0 Å². The molecule has 0 aromatic heterocycles. The van der Waals surface area contributed by atoms with E-state index in [2.05, 4.69) is 16.8 Å². The van der Waals surface area contributed by atoms with Gasteiger partial charge >= 0.3 is 0 Å². The molecular formula is C30H30N4O4S2. The fourth-order valence-electron chi connectivity index (χ4n) is 4.37. The van der Waals surface area contributed by atoms with E-state index in [1.165, 1.54) is 11.8 Å². The van der Waals surface area contributed by atoms with E-state index >= 15 is 0 Å². The molecule has 2 amide bonds. The van der Waals surface area contributed by atoms with Crippen LogP contribution in [0.4, 0.5) is 5.69 Å². The Kier molecular flexibility index (Phi) is 8.81. The molecule has 2 saturated heterocycles. The van der Waals surface area contributed by atoms with Crippen LogP contribution in [0.15, 0.2) is 77.7 Å². The van der Waals surface area contributed by atoms with E-state index in [-0.39, 0.29) is 5.91 Å². The van der Waals surface area contributed by atoms with Crippen LogP contribution in [0.3, 0.4) is 0 Å². The lowest BCUT2D eigenvalue weighted by Crippen LogP contribution is -2.45. The summed E-state index contributed by atoms with van der Waals surface area (Å²) in [6, 6.07) is 21.5. The SMILES string of the molecule is CN1CCN(CCOc2cccc(N3C(=O)C(=Cc4ccc(Oc5ccc(C(N)=O)cc5)cc4)SC3=S)c2)CC1. The summed E-state index contributed by atoms with van der Waals surface area (Å²) in [5, 5.41) is 0. The number of thiocarbonyl (C=S) groups is 1. The number of ether oxygens (including phenoxy) is 2. The number of piperazine rings is 1. The van der Waals surface area contributed by atoms with E-state index in [1.54, 1.807) is 29.2 Å². The van der Waals surface area contributed by atoms with Gasteiger partial charge in [-0.05, 0) is 67.2 Å². The molecule has 40 heavy (non-hydrogen) atoms. The summed E-state index contributed by atoms with van der Waals surface area (Å²) in [4.78, 5) is 31.4. The number of amides is 2. The Hall–Kier alpha value is -3.70. The van der Waals surface area contributed by atoms with E-state index in [4.69, 9.17) is 27.4 Å². The van der Waals surface area contributed by atoms with Crippen molar-refractivity contribution in [3.05, 3.63) is 88.8 Å². The zero-order valence-electron chi connectivity index (χ0n) is 22.1. The summed E-state index contributed by atoms with van der Waals surface area (Å²) in [7, 11) is 2.14. The van der Waals surface area contributed by atoms with Gasteiger partial charge in [0.1, 0.15) is 23.9 Å². The fourth-order valence-corrected chi connectivity index (χ4v) is 5.67. The van der Waals surface area contributed by atoms with Gasteiger partial charge in [-0.1, -0.05) is 42.2 Å². The number of primary amides is 1. The van der Waals surface area contributed by atoms with Crippen molar-refractivity contribution in [2.24, 2.45) is 5.73 Å². The minimum absolute atomic E-state index is 0.167. The van der Waals surface area contributed by atoms with Gasteiger partial charge in [-0.3, -0.25) is 19.4 Å². The summed E-state index contributed by atoms with van der Waals surface area (Å²) in [5.74, 6) is 1.27. The summed E-state index contributed by atoms with van der Waals surface area (Å²) < 4.78 is 12.3. The molecule has 2 aliphatic heterocycles. The van der Waals surface area contributed by atoms with E-state index in [0.717, 1.165) is 38.3 Å². The van der Waals surface area contributed by atoms with Gasteiger partial charge in [0.2, 0.25) is 5.91 Å². The van der Waals surface area contributed by atoms with Crippen LogP contribution in [0.5, 0.6) is 17.2 Å². The quantitative estimate of drug-likeness (QED) is 0.293. The van der Waals surface area contributed by atoms with Crippen LogP contribution in [0.1, 0.15) is 15.9 Å². The molecule has 3 aromatic rings.